The van der Waals surface area contributed by atoms with Crippen LogP contribution in [0.1, 0.15) is 31.7 Å². The molecule has 0 aromatic heterocycles. The van der Waals surface area contributed by atoms with Crippen LogP contribution in [0.4, 0.5) is 0 Å². The van der Waals surface area contributed by atoms with Crippen LogP contribution in [0.2, 0.25) is 0 Å². The fraction of sp³-hybridized carbons (Fsp3) is 0.389. The summed E-state index contributed by atoms with van der Waals surface area (Å²) in [6.07, 6.45) is 6.69. The molecule has 2 aliphatic rings. The fourth-order valence-corrected chi connectivity index (χ4v) is 3.68. The Morgan fingerprint density at radius 3 is 2.75 bits per heavy atom. The fourth-order valence-electron chi connectivity index (χ4n) is 2.68. The molecule has 0 spiro atoms. The van der Waals surface area contributed by atoms with Gasteiger partial charge in [-0.25, -0.2) is 8.42 Å². The van der Waals surface area contributed by atoms with Crippen molar-refractivity contribution in [1.82, 2.24) is 4.90 Å². The van der Waals surface area contributed by atoms with E-state index in [0.717, 1.165) is 17.7 Å². The van der Waals surface area contributed by atoms with Crippen molar-refractivity contribution in [3.63, 3.8) is 0 Å². The zero-order valence-corrected chi connectivity index (χ0v) is 14.8. The molecule has 1 aromatic rings. The van der Waals surface area contributed by atoms with E-state index in [1.165, 1.54) is 5.56 Å². The number of fused-ring (bicyclic) bond motifs is 1. The Balaban J connectivity index is 1.71. The van der Waals surface area contributed by atoms with E-state index in [-0.39, 0.29) is 12.4 Å². The molecule has 3 rings (SSSR count). The van der Waals surface area contributed by atoms with Crippen molar-refractivity contribution in [2.24, 2.45) is 4.40 Å². The third-order valence-corrected chi connectivity index (χ3v) is 5.54. The maximum absolute atomic E-state index is 11.7. The molecule has 2 aliphatic heterocycles. The number of ether oxygens (including phenoxy) is 1. The summed E-state index contributed by atoms with van der Waals surface area (Å²) in [6.45, 7) is 5.09. The van der Waals surface area contributed by atoms with E-state index in [1.54, 1.807) is 0 Å². The van der Waals surface area contributed by atoms with Crippen molar-refractivity contribution < 1.29 is 13.2 Å². The number of nitrogens with zero attached hydrogens (tertiary/aromatic N) is 2. The zero-order valence-electron chi connectivity index (χ0n) is 14.0. The van der Waals surface area contributed by atoms with Gasteiger partial charge in [-0.15, -0.1) is 4.40 Å². The first-order valence-corrected chi connectivity index (χ1v) is 9.79. The van der Waals surface area contributed by atoms with E-state index < -0.39 is 10.0 Å². The molecule has 1 unspecified atom stereocenters. The number of hydrogen-bond donors (Lipinski definition) is 0. The van der Waals surface area contributed by atoms with Crippen LogP contribution in [0, 0.1) is 0 Å². The molecule has 0 N–H and O–H groups in total. The molecule has 0 aliphatic carbocycles. The second-order valence-electron chi connectivity index (χ2n) is 6.09. The Bertz CT molecular complexity index is 792. The summed E-state index contributed by atoms with van der Waals surface area (Å²) in [4.78, 5) is 1.85. The lowest BCUT2D eigenvalue weighted by Gasteiger charge is -2.29. The number of amidine groups is 1. The van der Waals surface area contributed by atoms with Crippen molar-refractivity contribution in [2.45, 2.75) is 26.2 Å². The van der Waals surface area contributed by atoms with Crippen molar-refractivity contribution in [1.29, 1.82) is 0 Å². The monoisotopic (exact) mass is 346 g/mol. The first-order valence-electron chi connectivity index (χ1n) is 8.18. The molecule has 1 aromatic carbocycles. The van der Waals surface area contributed by atoms with E-state index in [4.69, 9.17) is 4.74 Å². The van der Waals surface area contributed by atoms with E-state index in [0.29, 0.717) is 18.3 Å². The highest BCUT2D eigenvalue weighted by atomic mass is 32.2. The van der Waals surface area contributed by atoms with Gasteiger partial charge in [-0.2, -0.15) is 0 Å². The Labute approximate surface area is 143 Å². The number of hydrogen-bond acceptors (Lipinski definition) is 4. The molecule has 128 valence electrons. The van der Waals surface area contributed by atoms with Gasteiger partial charge in [-0.1, -0.05) is 32.1 Å². The first-order chi connectivity index (χ1) is 11.5. The van der Waals surface area contributed by atoms with Crippen LogP contribution in [0.25, 0.3) is 0 Å². The standard InChI is InChI=1S/C18H22N2O3S/c1-3-14(2)15-6-8-17(9-7-15)23-13-16-5-4-10-20-11-12-24(21,22)19-18(16)20/h4-10,14H,3,11-13H2,1-2H3. The summed E-state index contributed by atoms with van der Waals surface area (Å²) in [6, 6.07) is 8.07. The Kier molecular flexibility index (Phi) is 4.76. The van der Waals surface area contributed by atoms with Gasteiger partial charge in [0.2, 0.25) is 0 Å². The highest BCUT2D eigenvalue weighted by molar-refractivity contribution is 7.90. The number of benzene rings is 1. The molecule has 6 heteroatoms. The molecule has 1 atom stereocenters. The lowest BCUT2D eigenvalue weighted by Crippen LogP contribution is -2.39. The summed E-state index contributed by atoms with van der Waals surface area (Å²) < 4.78 is 33.2. The molecule has 0 amide bonds. The predicted octanol–water partition coefficient (Wildman–Crippen LogP) is 3.08. The quantitative estimate of drug-likeness (QED) is 0.822. The van der Waals surface area contributed by atoms with Crippen LogP contribution in [-0.2, 0) is 10.0 Å². The van der Waals surface area contributed by atoms with Gasteiger partial charge >= 0.3 is 0 Å². The summed E-state index contributed by atoms with van der Waals surface area (Å²) in [5.41, 5.74) is 2.06. The van der Waals surface area contributed by atoms with Crippen LogP contribution < -0.4 is 4.74 Å². The summed E-state index contributed by atoms with van der Waals surface area (Å²) >= 11 is 0. The second-order valence-corrected chi connectivity index (χ2v) is 7.85. The molecule has 24 heavy (non-hydrogen) atoms. The van der Waals surface area contributed by atoms with Gasteiger partial charge in [0.05, 0.1) is 5.75 Å². The average Bonchev–Trinajstić information content (AvgIpc) is 2.59. The number of sulfonamides is 1. The Morgan fingerprint density at radius 1 is 1.29 bits per heavy atom. The van der Waals surface area contributed by atoms with Crippen LogP contribution in [0.3, 0.4) is 0 Å². The van der Waals surface area contributed by atoms with Gasteiger partial charge in [0.15, 0.2) is 5.84 Å². The van der Waals surface area contributed by atoms with Gasteiger partial charge in [-0.05, 0) is 36.1 Å². The van der Waals surface area contributed by atoms with Gasteiger partial charge < -0.3 is 9.64 Å². The number of rotatable bonds is 5. The topological polar surface area (TPSA) is 59.0 Å². The third kappa shape index (κ3) is 3.70. The molecule has 2 heterocycles. The number of allylic oxidation sites excluding steroid dienone is 2. The van der Waals surface area contributed by atoms with Crippen molar-refractivity contribution >= 4 is 15.9 Å². The minimum absolute atomic E-state index is 0.0477. The van der Waals surface area contributed by atoms with Gasteiger partial charge in [0.1, 0.15) is 12.4 Å². The van der Waals surface area contributed by atoms with E-state index >= 15 is 0 Å². The van der Waals surface area contributed by atoms with E-state index in [1.807, 2.05) is 35.4 Å². The van der Waals surface area contributed by atoms with Crippen molar-refractivity contribution in [3.05, 3.63) is 53.8 Å². The normalized spacial score (nSPS) is 20.0. The van der Waals surface area contributed by atoms with Gasteiger partial charge in [-0.3, -0.25) is 0 Å². The third-order valence-electron chi connectivity index (χ3n) is 4.39. The van der Waals surface area contributed by atoms with Crippen LogP contribution in [0.15, 0.2) is 52.6 Å². The van der Waals surface area contributed by atoms with Gasteiger partial charge in [0, 0.05) is 18.3 Å². The summed E-state index contributed by atoms with van der Waals surface area (Å²) in [5, 5.41) is 0. The molecular weight excluding hydrogens is 324 g/mol. The second kappa shape index (κ2) is 6.81. The molecule has 5 nitrogen and oxygen atoms in total. The minimum atomic E-state index is -3.37. The van der Waals surface area contributed by atoms with Crippen LogP contribution in [-0.4, -0.2) is 38.1 Å². The van der Waals surface area contributed by atoms with Crippen LogP contribution in [0.5, 0.6) is 5.75 Å². The highest BCUT2D eigenvalue weighted by Gasteiger charge is 2.26. The average molecular weight is 346 g/mol. The molecule has 0 bridgehead atoms. The van der Waals surface area contributed by atoms with Gasteiger partial charge in [0.25, 0.3) is 10.0 Å². The Hall–Kier alpha value is -2.08. The van der Waals surface area contributed by atoms with Crippen LogP contribution >= 0.6 is 0 Å². The Morgan fingerprint density at radius 2 is 2.04 bits per heavy atom. The van der Waals surface area contributed by atoms with Crippen molar-refractivity contribution in [3.8, 4) is 5.75 Å². The van der Waals surface area contributed by atoms with E-state index in [9.17, 15) is 8.42 Å². The maximum atomic E-state index is 11.7. The molecule has 0 saturated heterocycles. The smallest absolute Gasteiger partial charge is 0.256 e. The zero-order chi connectivity index (χ0) is 17.2. The highest BCUT2D eigenvalue weighted by Crippen LogP contribution is 2.23. The lowest BCUT2D eigenvalue weighted by molar-refractivity contribution is 0.354. The molecule has 0 fully saturated rings. The van der Waals surface area contributed by atoms with Crippen molar-refractivity contribution in [2.75, 3.05) is 18.9 Å². The first kappa shape index (κ1) is 16.8. The summed E-state index contributed by atoms with van der Waals surface area (Å²) in [7, 11) is -3.37. The predicted molar refractivity (Wildman–Crippen MR) is 95.8 cm³/mol. The summed E-state index contributed by atoms with van der Waals surface area (Å²) in [5.74, 6) is 1.82. The lowest BCUT2D eigenvalue weighted by atomic mass is 9.99. The maximum Gasteiger partial charge on any atom is 0.256 e. The molecule has 0 saturated carbocycles. The minimum Gasteiger partial charge on any atom is -0.489 e. The SMILES string of the molecule is CCC(C)c1ccc(OCC2=CC=CN3CCS(=O)(=O)N=C23)cc1. The van der Waals surface area contributed by atoms with E-state index in [2.05, 4.69) is 30.4 Å². The molecule has 0 radical (unpaired) electrons. The largest absolute Gasteiger partial charge is 0.489 e. The molecular formula is C18H22N2O3S.